The van der Waals surface area contributed by atoms with Crippen LogP contribution in [0.25, 0.3) is 0 Å². The van der Waals surface area contributed by atoms with Gasteiger partial charge in [-0.2, -0.15) is 0 Å². The van der Waals surface area contributed by atoms with E-state index in [-0.39, 0.29) is 5.91 Å². The fourth-order valence-electron chi connectivity index (χ4n) is 2.03. The molecule has 22 heavy (non-hydrogen) atoms. The van der Waals surface area contributed by atoms with Crippen LogP contribution in [-0.2, 0) is 16.0 Å². The van der Waals surface area contributed by atoms with Gasteiger partial charge in [-0.1, -0.05) is 29.7 Å². The standard InChI is InChI=1S/C16H25BN2O3/c1-5-18-14(20)13(19-15(21)22-16(2,3)4)10-11-7-6-8-12(17)9-11/h6-9,13H,5,10,17H2,1-4H3,(H,18,20)(H,19,21). The van der Waals surface area contributed by atoms with Crippen molar-refractivity contribution < 1.29 is 14.3 Å². The summed E-state index contributed by atoms with van der Waals surface area (Å²) in [6.07, 6.45) is -0.163. The summed E-state index contributed by atoms with van der Waals surface area (Å²) in [6, 6.07) is 7.22. The molecule has 0 heterocycles. The van der Waals surface area contributed by atoms with Crippen molar-refractivity contribution in [3.63, 3.8) is 0 Å². The summed E-state index contributed by atoms with van der Waals surface area (Å²) in [4.78, 5) is 24.1. The fraction of sp³-hybridized carbons (Fsp3) is 0.500. The highest BCUT2D eigenvalue weighted by molar-refractivity contribution is 6.32. The number of hydrogen-bond acceptors (Lipinski definition) is 3. The van der Waals surface area contributed by atoms with Gasteiger partial charge in [0.25, 0.3) is 0 Å². The molecule has 0 aliphatic rings. The molecule has 0 aliphatic heterocycles. The lowest BCUT2D eigenvalue weighted by Gasteiger charge is -2.23. The lowest BCUT2D eigenvalue weighted by Crippen LogP contribution is -2.49. The lowest BCUT2D eigenvalue weighted by atomic mass is 9.92. The third-order valence-electron chi connectivity index (χ3n) is 2.88. The Balaban J connectivity index is 2.80. The molecule has 1 aromatic rings. The van der Waals surface area contributed by atoms with E-state index in [0.29, 0.717) is 13.0 Å². The molecule has 0 radical (unpaired) electrons. The maximum atomic E-state index is 12.2. The molecular weight excluding hydrogens is 279 g/mol. The number of amides is 2. The van der Waals surface area contributed by atoms with E-state index in [0.717, 1.165) is 11.0 Å². The average molecular weight is 304 g/mol. The summed E-state index contributed by atoms with van der Waals surface area (Å²) in [7, 11) is 1.99. The first-order chi connectivity index (χ1) is 10.2. The molecule has 2 amide bonds. The van der Waals surface area contributed by atoms with E-state index in [1.165, 1.54) is 0 Å². The van der Waals surface area contributed by atoms with E-state index in [9.17, 15) is 9.59 Å². The zero-order chi connectivity index (χ0) is 16.8. The van der Waals surface area contributed by atoms with Crippen LogP contribution in [0.15, 0.2) is 24.3 Å². The number of carbonyl (C=O) groups is 2. The van der Waals surface area contributed by atoms with Crippen molar-refractivity contribution in [2.24, 2.45) is 0 Å². The number of nitrogens with one attached hydrogen (secondary N) is 2. The van der Waals surface area contributed by atoms with Gasteiger partial charge in [0.1, 0.15) is 19.5 Å². The first kappa shape index (κ1) is 18.1. The molecule has 0 bridgehead atoms. The number of likely N-dealkylation sites (N-methyl/N-ethyl adjacent to an activating group) is 1. The van der Waals surface area contributed by atoms with Crippen molar-refractivity contribution in [3.05, 3.63) is 29.8 Å². The van der Waals surface area contributed by atoms with Gasteiger partial charge in [0, 0.05) is 13.0 Å². The molecule has 0 saturated heterocycles. The molecule has 1 aromatic carbocycles. The largest absolute Gasteiger partial charge is 0.444 e. The third kappa shape index (κ3) is 6.65. The average Bonchev–Trinajstić information content (AvgIpc) is 2.36. The number of hydrogen-bond donors (Lipinski definition) is 2. The molecule has 0 aliphatic carbocycles. The number of benzene rings is 1. The highest BCUT2D eigenvalue weighted by atomic mass is 16.6. The van der Waals surface area contributed by atoms with Crippen LogP contribution in [0.2, 0.25) is 0 Å². The Bertz CT molecular complexity index is 526. The topological polar surface area (TPSA) is 67.4 Å². The molecule has 0 fully saturated rings. The molecule has 2 N–H and O–H groups in total. The number of alkyl carbamates (subject to hydrolysis) is 1. The van der Waals surface area contributed by atoms with Crippen LogP contribution in [0, 0.1) is 0 Å². The Kier molecular flexibility index (Phi) is 6.47. The molecule has 120 valence electrons. The lowest BCUT2D eigenvalue weighted by molar-refractivity contribution is -0.123. The number of carbonyl (C=O) groups excluding carboxylic acids is 2. The molecular formula is C16H25BN2O3. The van der Waals surface area contributed by atoms with Gasteiger partial charge in [-0.25, -0.2) is 4.79 Å². The zero-order valence-electron chi connectivity index (χ0n) is 14.0. The summed E-state index contributed by atoms with van der Waals surface area (Å²) in [5, 5.41) is 5.39. The molecule has 1 atom stereocenters. The van der Waals surface area contributed by atoms with Gasteiger partial charge in [-0.15, -0.1) is 0 Å². The van der Waals surface area contributed by atoms with Crippen molar-refractivity contribution in [1.82, 2.24) is 10.6 Å². The van der Waals surface area contributed by atoms with Gasteiger partial charge in [-0.05, 0) is 33.3 Å². The maximum Gasteiger partial charge on any atom is 0.408 e. The highest BCUT2D eigenvalue weighted by Gasteiger charge is 2.24. The van der Waals surface area contributed by atoms with Crippen molar-refractivity contribution in [2.75, 3.05) is 6.54 Å². The van der Waals surface area contributed by atoms with E-state index in [1.807, 2.05) is 39.0 Å². The summed E-state index contributed by atoms with van der Waals surface area (Å²) < 4.78 is 5.23. The second kappa shape index (κ2) is 7.87. The fourth-order valence-corrected chi connectivity index (χ4v) is 2.03. The van der Waals surface area contributed by atoms with Crippen molar-refractivity contribution in [2.45, 2.75) is 45.8 Å². The number of ether oxygens (including phenoxy) is 1. The van der Waals surface area contributed by atoms with E-state index in [2.05, 4.69) is 10.6 Å². The summed E-state index contributed by atoms with van der Waals surface area (Å²) >= 11 is 0. The first-order valence-electron chi connectivity index (χ1n) is 7.54. The Labute approximate surface area is 133 Å². The van der Waals surface area contributed by atoms with Gasteiger partial charge in [0.2, 0.25) is 5.91 Å². The van der Waals surface area contributed by atoms with E-state index < -0.39 is 17.7 Å². The van der Waals surface area contributed by atoms with Crippen molar-refractivity contribution >= 4 is 25.3 Å². The van der Waals surface area contributed by atoms with Crippen molar-refractivity contribution in [3.8, 4) is 0 Å². The second-order valence-corrected chi connectivity index (χ2v) is 6.29. The van der Waals surface area contributed by atoms with E-state index >= 15 is 0 Å². The van der Waals surface area contributed by atoms with Crippen LogP contribution in [0.3, 0.4) is 0 Å². The van der Waals surface area contributed by atoms with Gasteiger partial charge in [-0.3, -0.25) is 4.79 Å². The molecule has 0 aromatic heterocycles. The minimum atomic E-state index is -0.656. The Hall–Kier alpha value is -1.98. The van der Waals surface area contributed by atoms with Crippen LogP contribution in [0.1, 0.15) is 33.3 Å². The van der Waals surface area contributed by atoms with Gasteiger partial charge >= 0.3 is 6.09 Å². The molecule has 1 unspecified atom stereocenters. The minimum absolute atomic E-state index is 0.213. The predicted octanol–water partition coefficient (Wildman–Crippen LogP) is 0.517. The van der Waals surface area contributed by atoms with Gasteiger partial charge in [0.15, 0.2) is 0 Å². The van der Waals surface area contributed by atoms with Crippen molar-refractivity contribution in [1.29, 1.82) is 0 Å². The zero-order valence-corrected chi connectivity index (χ0v) is 14.0. The quantitative estimate of drug-likeness (QED) is 0.779. The van der Waals surface area contributed by atoms with Crippen LogP contribution in [-0.4, -0.2) is 38.0 Å². The molecule has 0 saturated carbocycles. The van der Waals surface area contributed by atoms with Crippen LogP contribution >= 0.6 is 0 Å². The third-order valence-corrected chi connectivity index (χ3v) is 2.88. The summed E-state index contributed by atoms with van der Waals surface area (Å²) in [5.74, 6) is -0.213. The monoisotopic (exact) mass is 304 g/mol. The first-order valence-corrected chi connectivity index (χ1v) is 7.54. The van der Waals surface area contributed by atoms with Gasteiger partial charge in [0.05, 0.1) is 0 Å². The Morgan fingerprint density at radius 3 is 2.55 bits per heavy atom. The molecule has 1 rings (SSSR count). The predicted molar refractivity (Wildman–Crippen MR) is 90.2 cm³/mol. The molecule has 5 nitrogen and oxygen atoms in total. The SMILES string of the molecule is Bc1cccc(CC(NC(=O)OC(C)(C)C)C(=O)NCC)c1. The smallest absolute Gasteiger partial charge is 0.408 e. The Morgan fingerprint density at radius 1 is 1.32 bits per heavy atom. The summed E-state index contributed by atoms with van der Waals surface area (Å²) in [6.45, 7) is 7.71. The van der Waals surface area contributed by atoms with Crippen LogP contribution in [0.5, 0.6) is 0 Å². The number of rotatable bonds is 5. The van der Waals surface area contributed by atoms with E-state index in [4.69, 9.17) is 4.74 Å². The summed E-state index contributed by atoms with van der Waals surface area (Å²) in [5.41, 5.74) is 1.51. The van der Waals surface area contributed by atoms with Crippen LogP contribution in [0.4, 0.5) is 4.79 Å². The van der Waals surface area contributed by atoms with E-state index in [1.54, 1.807) is 20.8 Å². The molecule has 0 spiro atoms. The van der Waals surface area contributed by atoms with Crippen LogP contribution < -0.4 is 16.1 Å². The minimum Gasteiger partial charge on any atom is -0.444 e. The second-order valence-electron chi connectivity index (χ2n) is 6.29. The van der Waals surface area contributed by atoms with Gasteiger partial charge < -0.3 is 15.4 Å². The Morgan fingerprint density at radius 2 is 2.00 bits per heavy atom. The highest BCUT2D eigenvalue weighted by Crippen LogP contribution is 2.08. The molecule has 6 heteroatoms. The maximum absolute atomic E-state index is 12.2. The normalized spacial score (nSPS) is 12.4.